The van der Waals surface area contributed by atoms with Crippen LogP contribution in [0.5, 0.6) is 0 Å². The Morgan fingerprint density at radius 1 is 1.37 bits per heavy atom. The van der Waals surface area contributed by atoms with Crippen molar-refractivity contribution in [2.24, 2.45) is 5.92 Å². The number of terminal acetylenes is 1. The molecule has 0 bridgehead atoms. The van der Waals surface area contributed by atoms with E-state index in [0.29, 0.717) is 5.92 Å². The molecule has 0 aliphatic heterocycles. The van der Waals surface area contributed by atoms with Crippen LogP contribution in [0.25, 0.3) is 0 Å². The van der Waals surface area contributed by atoms with Crippen LogP contribution in [0.2, 0.25) is 0 Å². The van der Waals surface area contributed by atoms with Gasteiger partial charge in [0.15, 0.2) is 0 Å². The second-order valence-electron chi connectivity index (χ2n) is 5.14. The number of carbonyl (C=O) groups excluding carboxylic acids is 1. The minimum atomic E-state index is -1.11. The summed E-state index contributed by atoms with van der Waals surface area (Å²) < 4.78 is 0. The van der Waals surface area contributed by atoms with Crippen molar-refractivity contribution in [1.82, 2.24) is 10.6 Å². The summed E-state index contributed by atoms with van der Waals surface area (Å²) in [6, 6.07) is -1.35. The third-order valence-corrected chi connectivity index (χ3v) is 3.60. The zero-order valence-electron chi connectivity index (χ0n) is 11.3. The number of urea groups is 1. The van der Waals surface area contributed by atoms with Gasteiger partial charge in [0.1, 0.15) is 6.04 Å². The summed E-state index contributed by atoms with van der Waals surface area (Å²) in [5.74, 6) is 1.56. The average molecular weight is 266 g/mol. The molecule has 1 rings (SSSR count). The molecular weight excluding hydrogens is 244 g/mol. The largest absolute Gasteiger partial charge is 0.480 e. The first kappa shape index (κ1) is 15.4. The number of carboxylic acids is 1. The number of carboxylic acid groups (broad SMARTS) is 1. The van der Waals surface area contributed by atoms with Gasteiger partial charge in [-0.3, -0.25) is 0 Å². The number of aliphatic carboxylic acids is 1. The van der Waals surface area contributed by atoms with Crippen molar-refractivity contribution in [3.8, 4) is 12.3 Å². The molecule has 0 saturated heterocycles. The predicted molar refractivity (Wildman–Crippen MR) is 72.6 cm³/mol. The van der Waals surface area contributed by atoms with Crippen LogP contribution >= 0.6 is 0 Å². The molecule has 0 heterocycles. The van der Waals surface area contributed by atoms with Crippen LogP contribution in [0.1, 0.15) is 45.4 Å². The molecule has 19 heavy (non-hydrogen) atoms. The normalized spacial score (nSPS) is 24.6. The van der Waals surface area contributed by atoms with Crippen molar-refractivity contribution in [3.63, 3.8) is 0 Å². The maximum atomic E-state index is 11.8. The zero-order chi connectivity index (χ0) is 14.3. The van der Waals surface area contributed by atoms with E-state index in [0.717, 1.165) is 19.3 Å². The number of amides is 2. The van der Waals surface area contributed by atoms with Crippen molar-refractivity contribution in [1.29, 1.82) is 0 Å². The molecule has 0 aromatic carbocycles. The lowest BCUT2D eigenvalue weighted by atomic mass is 9.97. The Morgan fingerprint density at radius 3 is 2.68 bits per heavy atom. The van der Waals surface area contributed by atoms with Crippen LogP contribution in [-0.4, -0.2) is 29.2 Å². The van der Waals surface area contributed by atoms with E-state index >= 15 is 0 Å². The SMILES string of the molecule is C#CCC(NC(=O)NC1CCCCCC1C)C(=O)O. The highest BCUT2D eigenvalue weighted by Gasteiger charge is 2.24. The summed E-state index contributed by atoms with van der Waals surface area (Å²) in [6.07, 6.45) is 10.6. The fourth-order valence-corrected chi connectivity index (χ4v) is 2.39. The number of hydrogen-bond acceptors (Lipinski definition) is 2. The highest BCUT2D eigenvalue weighted by molar-refractivity contribution is 5.82. The lowest BCUT2D eigenvalue weighted by molar-refractivity contribution is -0.139. The van der Waals surface area contributed by atoms with E-state index in [1.165, 1.54) is 12.8 Å². The molecule has 5 heteroatoms. The summed E-state index contributed by atoms with van der Waals surface area (Å²) in [5.41, 5.74) is 0. The molecule has 106 valence electrons. The van der Waals surface area contributed by atoms with Crippen LogP contribution in [0.15, 0.2) is 0 Å². The van der Waals surface area contributed by atoms with E-state index in [2.05, 4.69) is 23.5 Å². The Morgan fingerprint density at radius 2 is 2.05 bits per heavy atom. The van der Waals surface area contributed by atoms with Crippen molar-refractivity contribution in [3.05, 3.63) is 0 Å². The fourth-order valence-electron chi connectivity index (χ4n) is 2.39. The molecule has 3 atom stereocenters. The fraction of sp³-hybridized carbons (Fsp3) is 0.714. The van der Waals surface area contributed by atoms with Crippen molar-refractivity contribution >= 4 is 12.0 Å². The Bertz CT molecular complexity index is 362. The summed E-state index contributed by atoms with van der Waals surface area (Å²) in [6.45, 7) is 2.12. The Labute approximate surface area is 114 Å². The van der Waals surface area contributed by atoms with Crippen molar-refractivity contribution in [2.75, 3.05) is 0 Å². The van der Waals surface area contributed by atoms with E-state index in [9.17, 15) is 9.59 Å². The van der Waals surface area contributed by atoms with Gasteiger partial charge in [0.25, 0.3) is 0 Å². The van der Waals surface area contributed by atoms with E-state index in [-0.39, 0.29) is 12.5 Å². The van der Waals surface area contributed by atoms with E-state index in [1.807, 2.05) is 0 Å². The van der Waals surface area contributed by atoms with E-state index < -0.39 is 18.0 Å². The molecule has 1 aliphatic rings. The van der Waals surface area contributed by atoms with Gasteiger partial charge in [-0.1, -0.05) is 26.2 Å². The molecule has 0 aromatic heterocycles. The monoisotopic (exact) mass is 266 g/mol. The molecule has 0 radical (unpaired) electrons. The predicted octanol–water partition coefficient (Wildman–Crippen LogP) is 1.73. The van der Waals surface area contributed by atoms with Gasteiger partial charge in [-0.25, -0.2) is 9.59 Å². The van der Waals surface area contributed by atoms with Gasteiger partial charge in [0, 0.05) is 12.5 Å². The molecule has 1 saturated carbocycles. The minimum Gasteiger partial charge on any atom is -0.480 e. The summed E-state index contributed by atoms with van der Waals surface area (Å²) in [7, 11) is 0. The van der Waals surface area contributed by atoms with Gasteiger partial charge in [-0.2, -0.15) is 0 Å². The van der Waals surface area contributed by atoms with Crippen LogP contribution in [0, 0.1) is 18.3 Å². The maximum Gasteiger partial charge on any atom is 0.327 e. The van der Waals surface area contributed by atoms with Crippen LogP contribution < -0.4 is 10.6 Å². The van der Waals surface area contributed by atoms with E-state index in [4.69, 9.17) is 11.5 Å². The first-order chi connectivity index (χ1) is 9.04. The smallest absolute Gasteiger partial charge is 0.327 e. The Kier molecular flexibility index (Phi) is 6.20. The van der Waals surface area contributed by atoms with Gasteiger partial charge in [-0.05, 0) is 18.8 Å². The topological polar surface area (TPSA) is 78.4 Å². The number of carbonyl (C=O) groups is 2. The van der Waals surface area contributed by atoms with Gasteiger partial charge in [0.05, 0.1) is 0 Å². The van der Waals surface area contributed by atoms with Crippen molar-refractivity contribution in [2.45, 2.75) is 57.5 Å². The lowest BCUT2D eigenvalue weighted by Crippen LogP contribution is -2.50. The first-order valence-corrected chi connectivity index (χ1v) is 6.78. The number of rotatable bonds is 4. The quantitative estimate of drug-likeness (QED) is 0.535. The third-order valence-electron chi connectivity index (χ3n) is 3.60. The highest BCUT2D eigenvalue weighted by atomic mass is 16.4. The molecule has 3 N–H and O–H groups in total. The van der Waals surface area contributed by atoms with Gasteiger partial charge < -0.3 is 15.7 Å². The van der Waals surface area contributed by atoms with E-state index in [1.54, 1.807) is 0 Å². The molecule has 5 nitrogen and oxygen atoms in total. The maximum absolute atomic E-state index is 11.8. The first-order valence-electron chi connectivity index (χ1n) is 6.78. The lowest BCUT2D eigenvalue weighted by Gasteiger charge is -2.24. The molecule has 3 unspecified atom stereocenters. The average Bonchev–Trinajstić information content (AvgIpc) is 2.54. The summed E-state index contributed by atoms with van der Waals surface area (Å²) in [4.78, 5) is 22.7. The third kappa shape index (κ3) is 5.21. The van der Waals surface area contributed by atoms with Gasteiger partial charge >= 0.3 is 12.0 Å². The Balaban J connectivity index is 2.48. The van der Waals surface area contributed by atoms with Crippen LogP contribution in [0.3, 0.4) is 0 Å². The summed E-state index contributed by atoms with van der Waals surface area (Å²) >= 11 is 0. The Hall–Kier alpha value is -1.70. The van der Waals surface area contributed by atoms with Crippen molar-refractivity contribution < 1.29 is 14.7 Å². The number of hydrogen-bond donors (Lipinski definition) is 3. The molecule has 0 aromatic rings. The number of nitrogens with one attached hydrogen (secondary N) is 2. The standard InChI is InChI=1S/C14H22N2O3/c1-3-7-12(13(17)18)16-14(19)15-11-9-6-4-5-8-10(11)2/h1,10-12H,4-9H2,2H3,(H,17,18)(H2,15,16,19). The molecule has 1 fully saturated rings. The second kappa shape index (κ2) is 7.67. The zero-order valence-corrected chi connectivity index (χ0v) is 11.3. The van der Waals surface area contributed by atoms with Gasteiger partial charge in [-0.15, -0.1) is 12.3 Å². The van der Waals surface area contributed by atoms with Crippen LogP contribution in [-0.2, 0) is 4.79 Å². The summed E-state index contributed by atoms with van der Waals surface area (Å²) in [5, 5.41) is 14.2. The second-order valence-corrected chi connectivity index (χ2v) is 5.14. The highest BCUT2D eigenvalue weighted by Crippen LogP contribution is 2.22. The minimum absolute atomic E-state index is 0.0109. The molecule has 2 amide bonds. The van der Waals surface area contributed by atoms with Crippen LogP contribution in [0.4, 0.5) is 4.79 Å². The molecular formula is C14H22N2O3. The molecule has 1 aliphatic carbocycles. The van der Waals surface area contributed by atoms with Gasteiger partial charge in [0.2, 0.25) is 0 Å². The molecule has 0 spiro atoms.